The van der Waals surface area contributed by atoms with Crippen LogP contribution in [-0.2, 0) is 47.8 Å². The van der Waals surface area contributed by atoms with Gasteiger partial charge in [-0.25, -0.2) is 9.59 Å². The Labute approximate surface area is 621 Å². The first-order valence-corrected chi connectivity index (χ1v) is 36.8. The number of aliphatic hydroxyl groups excluding tert-OH is 11. The number of hydrogen-bond acceptors (Lipinski definition) is 22. The van der Waals surface area contributed by atoms with Gasteiger partial charge in [0.25, 0.3) is 0 Å². The van der Waals surface area contributed by atoms with Crippen LogP contribution >= 0.6 is 0 Å². The number of carboxylic acids is 1. The first-order valence-electron chi connectivity index (χ1n) is 36.8. The lowest BCUT2D eigenvalue weighted by Gasteiger charge is -2.43. The number of fused-ring (bicyclic) bond motifs is 2. The first-order chi connectivity index (χ1) is 48.6. The Morgan fingerprint density at radius 2 is 1.32 bits per heavy atom. The maximum absolute atomic E-state index is 14.3. The fourth-order valence-corrected chi connectivity index (χ4v) is 13.3. The van der Waals surface area contributed by atoms with E-state index < -0.39 is 197 Å². The molecule has 0 radical (unpaired) electrons. The van der Waals surface area contributed by atoms with Crippen LogP contribution in [0.4, 0.5) is 0 Å². The standard InChI is InChI=1S/C79H129N3O23/c1-42(2)64(89)62(80-61(88)35-36-77(15,16)71(95)52(12)72(96)78(17,18)76(101)103-19)68(93)49(9)40-47(7)65(90)44(4)31-33-57(84)51(11)73(97)82-70(54(14)83)79(102)53(13)58(85)34-32-45(5)66(91)46(6)39-48(8)67(92)50(10)59(86)41-56-38-43(3)37-55(104-56)29-27-25-23-21-20-22-24-26-28-30-60(87)81-63(75(100)105-79)69(94)74(98)99/h21,23-28,30,32,35-36,39-40,42-44,46,49-59,62-70,72,83-86,89-94,96,102H,20,22,29,31,33-34,37-38,41H2,1-19H3,(H,80,88)(H,81,87)(H,82,97)(H,98,99)/b23-21?,26-24?,27-25?,30-28?,36-35+,45-32?,47-40+,48-39?/t43-,44?,46?,49?,50?,51?,52?,53?,54?,55-,56+,57?,58?,59?,62?,63?,64?,65?,66?,67?,68?,69?,70?,72?,79?/m1/s1. The summed E-state index contributed by atoms with van der Waals surface area (Å²) in [5.41, 5.74) is -1.66. The van der Waals surface area contributed by atoms with E-state index in [-0.39, 0.29) is 25.0 Å². The average molecular weight is 1490 g/mol. The second-order valence-electron chi connectivity index (χ2n) is 31.2. The summed E-state index contributed by atoms with van der Waals surface area (Å²) in [6.45, 7) is 27.9. The van der Waals surface area contributed by atoms with Crippen LogP contribution in [-0.4, -0.2) is 218 Å². The Morgan fingerprint density at radius 1 is 0.743 bits per heavy atom. The SMILES string of the molecule is COC(=O)C(C)(C)C(O)C(C)C(=O)C(C)(C)/C=C/C(=O)NC(C(O)C(C)C)C(O)C(C)/C=C(\C)C(O)C(C)CCC(O)C(C)C(=O)NC(C(C)O)C1(O)OC(=O)C(C(O)C(=O)O)NC(=O)C=CC=CCCC=CC=CC[C@@H]2C[C@@H](C)C[C@@H](CC(O)C(C)C(O)C(C)=CC(C)C(O)C(C)=CCC(O)C1C)O2. The highest BCUT2D eigenvalue weighted by Gasteiger charge is 2.54. The highest BCUT2D eigenvalue weighted by molar-refractivity contribution is 5.95. The van der Waals surface area contributed by atoms with Crippen LogP contribution in [0.15, 0.2) is 95.7 Å². The molecule has 16 N–H and O–H groups in total. The van der Waals surface area contributed by atoms with Crippen LogP contribution in [0, 0.1) is 64.1 Å². The third kappa shape index (κ3) is 28.8. The molecule has 2 bridgehead atoms. The third-order valence-electron chi connectivity index (χ3n) is 20.9. The Balaban J connectivity index is 2.53. The van der Waals surface area contributed by atoms with Gasteiger partial charge in [0.2, 0.25) is 23.5 Å². The molecule has 26 nitrogen and oxygen atoms in total. The number of cyclic esters (lactones) is 1. The molecule has 105 heavy (non-hydrogen) atoms. The van der Waals surface area contributed by atoms with Crippen molar-refractivity contribution in [2.45, 2.75) is 286 Å². The lowest BCUT2D eigenvalue weighted by atomic mass is 9.72. The fourth-order valence-electron chi connectivity index (χ4n) is 13.3. The molecule has 0 aromatic carbocycles. The highest BCUT2D eigenvalue weighted by Crippen LogP contribution is 2.36. The van der Waals surface area contributed by atoms with E-state index in [2.05, 4.69) is 22.9 Å². The summed E-state index contributed by atoms with van der Waals surface area (Å²) < 4.78 is 16.9. The molecule has 0 aliphatic carbocycles. The van der Waals surface area contributed by atoms with Gasteiger partial charge in [-0.3, -0.25) is 24.0 Å². The number of aliphatic carboxylic acids is 1. The smallest absolute Gasteiger partial charge is 0.335 e. The molecule has 2 aliphatic rings. The van der Waals surface area contributed by atoms with Crippen molar-refractivity contribution in [2.75, 3.05) is 7.11 Å². The molecule has 0 aromatic heterocycles. The number of ether oxygens (including phenoxy) is 3. The summed E-state index contributed by atoms with van der Waals surface area (Å²) in [5.74, 6) is -18.3. The molecule has 0 saturated carbocycles. The lowest BCUT2D eigenvalue weighted by molar-refractivity contribution is -0.266. The van der Waals surface area contributed by atoms with E-state index in [1.165, 1.54) is 65.8 Å². The Bertz CT molecular complexity index is 3060. The second kappa shape index (κ2) is 43.8. The third-order valence-corrected chi connectivity index (χ3v) is 20.9. The number of carbonyl (C=O) groups is 7. The van der Waals surface area contributed by atoms with Crippen molar-refractivity contribution in [1.82, 2.24) is 16.0 Å². The molecule has 3 amide bonds. The van der Waals surface area contributed by atoms with Gasteiger partial charge >= 0.3 is 17.9 Å². The molecule has 0 spiro atoms. The van der Waals surface area contributed by atoms with Crippen LogP contribution in [0.2, 0.25) is 0 Å². The van der Waals surface area contributed by atoms with Gasteiger partial charge in [0, 0.05) is 35.2 Å². The minimum atomic E-state index is -3.26. The summed E-state index contributed by atoms with van der Waals surface area (Å²) in [4.78, 5) is 93.8. The minimum absolute atomic E-state index is 0.0569. The minimum Gasteiger partial charge on any atom is -0.479 e. The number of rotatable bonds is 25. The molecule has 1 fully saturated rings. The second-order valence-corrected chi connectivity index (χ2v) is 31.2. The van der Waals surface area contributed by atoms with E-state index in [4.69, 9.17) is 14.2 Å². The summed E-state index contributed by atoms with van der Waals surface area (Å²) >= 11 is 0. The van der Waals surface area contributed by atoms with E-state index in [1.54, 1.807) is 80.5 Å². The number of amides is 3. The van der Waals surface area contributed by atoms with Crippen molar-refractivity contribution >= 4 is 41.4 Å². The quantitative estimate of drug-likeness (QED) is 0.0317. The topological polar surface area (TPSA) is 446 Å². The number of carbonyl (C=O) groups excluding carboxylic acids is 6. The molecular formula is C79H129N3O23. The zero-order chi connectivity index (χ0) is 80.5. The van der Waals surface area contributed by atoms with Gasteiger partial charge in [-0.05, 0) is 154 Å². The number of allylic oxidation sites excluding steroid dienone is 7. The van der Waals surface area contributed by atoms with Crippen molar-refractivity contribution < 1.29 is 114 Å². The first kappa shape index (κ1) is 95.0. The Morgan fingerprint density at radius 3 is 1.90 bits per heavy atom. The molecule has 2 heterocycles. The number of esters is 2. The molecule has 2 aliphatic heterocycles. The normalized spacial score (nSPS) is 29.2. The summed E-state index contributed by atoms with van der Waals surface area (Å²) in [6.07, 6.45) is 6.51. The number of nitrogens with one attached hydrogen (secondary N) is 3. The van der Waals surface area contributed by atoms with Gasteiger partial charge in [0.05, 0.1) is 104 Å². The van der Waals surface area contributed by atoms with E-state index in [1.807, 2.05) is 24.3 Å². The molecule has 25 atom stereocenters. The van der Waals surface area contributed by atoms with Crippen molar-refractivity contribution in [3.05, 3.63) is 95.7 Å². The van der Waals surface area contributed by atoms with E-state index in [0.29, 0.717) is 48.3 Å². The number of Topliss-reactive ketones (excluding diaryl/α,β-unsaturated/α-hetero) is 1. The number of carboxylic acid groups (broad SMARTS) is 1. The molecular weight excluding hydrogens is 1360 g/mol. The molecule has 598 valence electrons. The van der Waals surface area contributed by atoms with Crippen LogP contribution in [0.3, 0.4) is 0 Å². The maximum Gasteiger partial charge on any atom is 0.335 e. The number of methoxy groups -OCH3 is 1. The number of ketones is 1. The van der Waals surface area contributed by atoms with Gasteiger partial charge in [-0.15, -0.1) is 0 Å². The van der Waals surface area contributed by atoms with Gasteiger partial charge in [0.1, 0.15) is 11.8 Å². The highest BCUT2D eigenvalue weighted by atomic mass is 16.7. The average Bonchev–Trinajstić information content (AvgIpc) is 0.786. The zero-order valence-electron chi connectivity index (χ0n) is 65.2. The largest absolute Gasteiger partial charge is 0.479 e. The van der Waals surface area contributed by atoms with Crippen LogP contribution in [0.5, 0.6) is 0 Å². The van der Waals surface area contributed by atoms with Crippen LogP contribution in [0.25, 0.3) is 0 Å². The van der Waals surface area contributed by atoms with Crippen molar-refractivity contribution in [1.29, 1.82) is 0 Å². The zero-order valence-corrected chi connectivity index (χ0v) is 65.2. The lowest BCUT2D eigenvalue weighted by Crippen LogP contribution is -2.66. The van der Waals surface area contributed by atoms with E-state index in [0.717, 1.165) is 46.0 Å². The number of aliphatic hydroxyl groups is 12. The van der Waals surface area contributed by atoms with Gasteiger partial charge in [-0.2, -0.15) is 0 Å². The maximum atomic E-state index is 14.3. The van der Waals surface area contributed by atoms with Gasteiger partial charge in [-0.1, -0.05) is 136 Å². The van der Waals surface area contributed by atoms with Crippen molar-refractivity contribution in [3.63, 3.8) is 0 Å². The predicted octanol–water partition coefficient (Wildman–Crippen LogP) is 5.20. The van der Waals surface area contributed by atoms with E-state index >= 15 is 0 Å². The molecule has 22 unspecified atom stereocenters. The van der Waals surface area contributed by atoms with Crippen LogP contribution in [0.1, 0.15) is 182 Å². The molecule has 2 rings (SSSR count). The molecule has 1 saturated heterocycles. The Hall–Kier alpha value is -6.11. The summed E-state index contributed by atoms with van der Waals surface area (Å²) in [7, 11) is 1.16. The van der Waals surface area contributed by atoms with Crippen molar-refractivity contribution in [2.24, 2.45) is 64.1 Å². The van der Waals surface area contributed by atoms with Gasteiger partial charge in [0.15, 0.2) is 12.1 Å². The fraction of sp³-hybridized carbons (Fsp3) is 0.709. The predicted molar refractivity (Wildman–Crippen MR) is 396 cm³/mol. The molecule has 0 aromatic rings. The summed E-state index contributed by atoms with van der Waals surface area (Å²) in [6, 6.07) is -5.88. The molecule has 26 heteroatoms. The van der Waals surface area contributed by atoms with E-state index in [9.17, 15) is 99.9 Å². The monoisotopic (exact) mass is 1490 g/mol. The Kier molecular flexibility index (Phi) is 39.6. The number of hydrogen-bond donors (Lipinski definition) is 16. The van der Waals surface area contributed by atoms with Crippen molar-refractivity contribution in [3.8, 4) is 0 Å². The summed E-state index contributed by atoms with van der Waals surface area (Å²) in [5, 5.41) is 156. The van der Waals surface area contributed by atoms with Crippen LogP contribution < -0.4 is 16.0 Å². The van der Waals surface area contributed by atoms with Gasteiger partial charge < -0.3 is 96.5 Å².